The molecule has 4 rings (SSSR count). The van der Waals surface area contributed by atoms with E-state index in [-0.39, 0.29) is 36.7 Å². The van der Waals surface area contributed by atoms with Gasteiger partial charge >= 0.3 is 0 Å². The summed E-state index contributed by atoms with van der Waals surface area (Å²) in [7, 11) is -3.87. The molecule has 9 heteroatoms. The second-order valence-corrected chi connectivity index (χ2v) is 9.15. The van der Waals surface area contributed by atoms with Gasteiger partial charge in [-0.1, -0.05) is 53.0 Å². The molecule has 3 aromatic carbocycles. The highest BCUT2D eigenvalue weighted by Crippen LogP contribution is 2.41. The Morgan fingerprint density at radius 2 is 1.50 bits per heavy atom. The molecule has 0 aliphatic carbocycles. The van der Waals surface area contributed by atoms with Crippen LogP contribution in [-0.2, 0) is 10.0 Å². The van der Waals surface area contributed by atoms with Crippen LogP contribution in [0.15, 0.2) is 74.8 Å². The van der Waals surface area contributed by atoms with Crippen LogP contribution in [0.1, 0.15) is 0 Å². The molecule has 0 saturated heterocycles. The van der Waals surface area contributed by atoms with Crippen LogP contribution >= 0.6 is 34.8 Å². The first kappa shape index (κ1) is 20.9. The van der Waals surface area contributed by atoms with Gasteiger partial charge in [0.1, 0.15) is 11.3 Å². The highest BCUT2D eigenvalue weighted by Gasteiger charge is 2.22. The van der Waals surface area contributed by atoms with Crippen molar-refractivity contribution in [1.82, 2.24) is 0 Å². The van der Waals surface area contributed by atoms with Crippen molar-refractivity contribution in [3.63, 3.8) is 0 Å². The lowest BCUT2D eigenvalue weighted by molar-refractivity contribution is 0.597. The van der Waals surface area contributed by atoms with E-state index >= 15 is 0 Å². The Hall–Kier alpha value is -2.35. The molecule has 30 heavy (non-hydrogen) atoms. The van der Waals surface area contributed by atoms with Crippen molar-refractivity contribution in [3.8, 4) is 22.5 Å². The summed E-state index contributed by atoms with van der Waals surface area (Å²) in [4.78, 5) is 13.3. The molecule has 0 unspecified atom stereocenters. The van der Waals surface area contributed by atoms with Crippen molar-refractivity contribution >= 4 is 55.8 Å². The van der Waals surface area contributed by atoms with E-state index in [0.29, 0.717) is 22.1 Å². The minimum atomic E-state index is -3.87. The van der Waals surface area contributed by atoms with Crippen LogP contribution in [0.5, 0.6) is 0 Å². The molecular weight excluding hydrogens is 469 g/mol. The molecule has 2 N–H and O–H groups in total. The lowest BCUT2D eigenvalue weighted by Gasteiger charge is -2.13. The van der Waals surface area contributed by atoms with Gasteiger partial charge in [-0.25, -0.2) is 13.6 Å². The highest BCUT2D eigenvalue weighted by molar-refractivity contribution is 7.89. The largest absolute Gasteiger partial charge is 0.455 e. The first-order valence-corrected chi connectivity index (χ1v) is 11.2. The van der Waals surface area contributed by atoms with E-state index in [1.54, 1.807) is 30.3 Å². The van der Waals surface area contributed by atoms with Gasteiger partial charge < -0.3 is 4.42 Å². The van der Waals surface area contributed by atoms with Gasteiger partial charge in [0, 0.05) is 11.1 Å². The molecule has 0 spiro atoms. The minimum Gasteiger partial charge on any atom is -0.455 e. The molecule has 4 aromatic rings. The quantitative estimate of drug-likeness (QED) is 0.379. The van der Waals surface area contributed by atoms with Crippen LogP contribution < -0.4 is 10.6 Å². The summed E-state index contributed by atoms with van der Waals surface area (Å²) in [6.45, 7) is 0. The Morgan fingerprint density at radius 1 is 0.833 bits per heavy atom. The SMILES string of the molecule is NS(=O)(=O)c1ccc(-c2oc3ccccc3c(=O)c2-c2ccc(Cl)c(Cl)c2Cl)cc1. The number of para-hydroxylation sites is 1. The van der Waals surface area contributed by atoms with E-state index in [4.69, 9.17) is 44.4 Å². The molecular formula is C21H12Cl3NO4S. The van der Waals surface area contributed by atoms with E-state index < -0.39 is 10.0 Å². The molecule has 0 aliphatic rings. The Morgan fingerprint density at radius 3 is 2.17 bits per heavy atom. The summed E-state index contributed by atoms with van der Waals surface area (Å²) in [5.41, 5.74) is 1.04. The van der Waals surface area contributed by atoms with Gasteiger partial charge in [-0.3, -0.25) is 4.79 Å². The van der Waals surface area contributed by atoms with Gasteiger partial charge in [0.05, 0.1) is 30.9 Å². The third-order valence-electron chi connectivity index (χ3n) is 4.55. The van der Waals surface area contributed by atoms with Gasteiger partial charge in [-0.15, -0.1) is 0 Å². The molecule has 0 saturated carbocycles. The Kier molecular flexibility index (Phi) is 5.38. The molecule has 0 aliphatic heterocycles. The highest BCUT2D eigenvalue weighted by atomic mass is 35.5. The van der Waals surface area contributed by atoms with Crippen LogP contribution in [0.25, 0.3) is 33.4 Å². The smallest absolute Gasteiger partial charge is 0.238 e. The van der Waals surface area contributed by atoms with Crippen molar-refractivity contribution in [2.24, 2.45) is 5.14 Å². The maximum Gasteiger partial charge on any atom is 0.238 e. The molecule has 1 aromatic heterocycles. The molecule has 0 bridgehead atoms. The van der Waals surface area contributed by atoms with E-state index in [2.05, 4.69) is 0 Å². The number of benzene rings is 3. The molecule has 0 amide bonds. The zero-order valence-corrected chi connectivity index (χ0v) is 18.1. The van der Waals surface area contributed by atoms with Crippen LogP contribution in [0.3, 0.4) is 0 Å². The van der Waals surface area contributed by atoms with Crippen LogP contribution in [0.2, 0.25) is 15.1 Å². The molecule has 1 heterocycles. The molecule has 5 nitrogen and oxygen atoms in total. The summed E-state index contributed by atoms with van der Waals surface area (Å²) in [5, 5.41) is 5.99. The van der Waals surface area contributed by atoms with Crippen LogP contribution in [0.4, 0.5) is 0 Å². The fourth-order valence-electron chi connectivity index (χ4n) is 3.10. The Bertz CT molecular complexity index is 1460. The monoisotopic (exact) mass is 479 g/mol. The van der Waals surface area contributed by atoms with E-state index in [1.807, 2.05) is 0 Å². The van der Waals surface area contributed by atoms with Crippen molar-refractivity contribution in [2.45, 2.75) is 4.90 Å². The number of hydrogen-bond acceptors (Lipinski definition) is 4. The number of primary sulfonamides is 1. The lowest BCUT2D eigenvalue weighted by Crippen LogP contribution is -2.12. The second-order valence-electron chi connectivity index (χ2n) is 6.42. The van der Waals surface area contributed by atoms with Gasteiger partial charge in [0.2, 0.25) is 15.5 Å². The summed E-state index contributed by atoms with van der Waals surface area (Å²) < 4.78 is 29.2. The van der Waals surface area contributed by atoms with Crippen molar-refractivity contribution < 1.29 is 12.8 Å². The molecule has 0 atom stereocenters. The summed E-state index contributed by atoms with van der Waals surface area (Å²) >= 11 is 18.6. The lowest BCUT2D eigenvalue weighted by atomic mass is 9.98. The summed E-state index contributed by atoms with van der Waals surface area (Å²) in [6, 6.07) is 15.6. The zero-order chi connectivity index (χ0) is 21.6. The second kappa shape index (κ2) is 7.72. The predicted molar refractivity (Wildman–Crippen MR) is 120 cm³/mol. The molecule has 0 fully saturated rings. The molecule has 0 radical (unpaired) electrons. The van der Waals surface area contributed by atoms with Gasteiger partial charge in [-0.2, -0.15) is 0 Å². The third kappa shape index (κ3) is 3.62. The van der Waals surface area contributed by atoms with Crippen molar-refractivity contribution in [2.75, 3.05) is 0 Å². The van der Waals surface area contributed by atoms with E-state index in [0.717, 1.165) is 0 Å². The van der Waals surface area contributed by atoms with Crippen LogP contribution in [-0.4, -0.2) is 8.42 Å². The normalized spacial score (nSPS) is 11.7. The number of rotatable bonds is 3. The van der Waals surface area contributed by atoms with E-state index in [9.17, 15) is 13.2 Å². The zero-order valence-electron chi connectivity index (χ0n) is 15.0. The van der Waals surface area contributed by atoms with Crippen LogP contribution in [0, 0.1) is 0 Å². The fourth-order valence-corrected chi connectivity index (χ4v) is 4.25. The summed E-state index contributed by atoms with van der Waals surface area (Å²) in [6.07, 6.45) is 0. The Labute approximate surface area is 186 Å². The maximum absolute atomic E-state index is 13.4. The number of fused-ring (bicyclic) bond motifs is 1. The first-order chi connectivity index (χ1) is 14.2. The predicted octanol–water partition coefficient (Wildman–Crippen LogP) is 5.73. The standard InChI is InChI=1S/C21H12Cl3NO4S/c22-15-10-9-14(18(23)19(15)24)17-20(26)13-3-1-2-4-16(13)29-21(17)11-5-7-12(8-6-11)30(25,27)28/h1-10H,(H2,25,27,28). The Balaban J connectivity index is 2.08. The average molecular weight is 481 g/mol. The minimum absolute atomic E-state index is 0.0662. The average Bonchev–Trinajstić information content (AvgIpc) is 2.72. The topological polar surface area (TPSA) is 90.4 Å². The van der Waals surface area contributed by atoms with Gasteiger partial charge in [0.25, 0.3) is 0 Å². The number of nitrogens with two attached hydrogens (primary N) is 1. The molecule has 152 valence electrons. The number of halogens is 3. The van der Waals surface area contributed by atoms with Gasteiger partial charge in [-0.05, 0) is 42.5 Å². The maximum atomic E-state index is 13.4. The van der Waals surface area contributed by atoms with Gasteiger partial charge in [0.15, 0.2) is 0 Å². The fraction of sp³-hybridized carbons (Fsp3) is 0. The van der Waals surface area contributed by atoms with E-state index in [1.165, 1.54) is 30.3 Å². The third-order valence-corrected chi connectivity index (χ3v) is 6.77. The van der Waals surface area contributed by atoms with Crippen molar-refractivity contribution in [3.05, 3.63) is 86.0 Å². The summed E-state index contributed by atoms with van der Waals surface area (Å²) in [5.74, 6) is 0.208. The van der Waals surface area contributed by atoms with Crippen molar-refractivity contribution in [1.29, 1.82) is 0 Å². The number of hydrogen-bond donors (Lipinski definition) is 1. The first-order valence-electron chi connectivity index (χ1n) is 8.51. The number of sulfonamides is 1.